The number of aromatic nitrogens is 1. The molecule has 25 heavy (non-hydrogen) atoms. The summed E-state index contributed by atoms with van der Waals surface area (Å²) in [4.78, 5) is 20.0. The molecule has 0 radical (unpaired) electrons. The van der Waals surface area contributed by atoms with E-state index in [2.05, 4.69) is 22.7 Å². The number of aryl methyl sites for hydroxylation is 1. The van der Waals surface area contributed by atoms with Gasteiger partial charge in [-0.1, -0.05) is 6.42 Å². The van der Waals surface area contributed by atoms with Crippen LogP contribution < -0.4 is 4.80 Å². The average Bonchev–Trinajstić information content (AvgIpc) is 2.80. The molecule has 6 rings (SSSR count). The van der Waals surface area contributed by atoms with Gasteiger partial charge in [-0.3, -0.25) is 4.79 Å². The van der Waals surface area contributed by atoms with E-state index in [0.717, 1.165) is 42.9 Å². The van der Waals surface area contributed by atoms with E-state index in [9.17, 15) is 9.90 Å². The Kier molecular flexibility index (Phi) is 3.59. The SMILES string of the molecule is Cc1cn(CC2CCC2)/c(=N/C(=O)C23CC4CC(CC(O)(C4)C2)C3)s1. The first-order valence-electron chi connectivity index (χ1n) is 9.92. The highest BCUT2D eigenvalue weighted by Gasteiger charge is 2.60. The number of hydrogen-bond donors (Lipinski definition) is 1. The van der Waals surface area contributed by atoms with Crippen LogP contribution in [0.5, 0.6) is 0 Å². The second kappa shape index (κ2) is 5.53. The maximum atomic E-state index is 13.3. The van der Waals surface area contributed by atoms with Crippen LogP contribution in [0.4, 0.5) is 0 Å². The fourth-order valence-corrected chi connectivity index (χ4v) is 7.19. The number of thiazole rings is 1. The van der Waals surface area contributed by atoms with E-state index in [1.54, 1.807) is 11.3 Å². The molecule has 5 heteroatoms. The molecule has 5 saturated carbocycles. The summed E-state index contributed by atoms with van der Waals surface area (Å²) in [5.41, 5.74) is -0.979. The number of amides is 1. The first kappa shape index (κ1) is 16.2. The van der Waals surface area contributed by atoms with Crippen LogP contribution >= 0.6 is 11.3 Å². The van der Waals surface area contributed by atoms with Gasteiger partial charge in [0, 0.05) is 17.6 Å². The highest BCUT2D eigenvalue weighted by molar-refractivity contribution is 7.09. The van der Waals surface area contributed by atoms with Gasteiger partial charge < -0.3 is 9.67 Å². The smallest absolute Gasteiger partial charge is 0.254 e. The lowest BCUT2D eigenvalue weighted by atomic mass is 9.47. The largest absolute Gasteiger partial charge is 0.390 e. The van der Waals surface area contributed by atoms with Gasteiger partial charge in [-0.2, -0.15) is 4.99 Å². The molecule has 2 atom stereocenters. The van der Waals surface area contributed by atoms with Crippen molar-refractivity contribution in [3.63, 3.8) is 0 Å². The van der Waals surface area contributed by atoms with Crippen molar-refractivity contribution >= 4 is 17.2 Å². The quantitative estimate of drug-likeness (QED) is 0.898. The number of carbonyl (C=O) groups is 1. The van der Waals surface area contributed by atoms with Crippen molar-refractivity contribution in [3.05, 3.63) is 15.9 Å². The Morgan fingerprint density at radius 3 is 2.64 bits per heavy atom. The molecule has 0 spiro atoms. The van der Waals surface area contributed by atoms with Gasteiger partial charge in [0.15, 0.2) is 4.80 Å². The molecule has 0 aromatic carbocycles. The van der Waals surface area contributed by atoms with Gasteiger partial charge >= 0.3 is 0 Å². The highest BCUT2D eigenvalue weighted by atomic mass is 32.1. The van der Waals surface area contributed by atoms with Gasteiger partial charge in [0.05, 0.1) is 11.0 Å². The minimum absolute atomic E-state index is 0.0456. The van der Waals surface area contributed by atoms with Gasteiger partial charge in [-0.15, -0.1) is 11.3 Å². The van der Waals surface area contributed by atoms with Gasteiger partial charge in [0.1, 0.15) is 0 Å². The minimum atomic E-state index is -0.595. The molecule has 0 aliphatic heterocycles. The van der Waals surface area contributed by atoms with E-state index < -0.39 is 5.60 Å². The Balaban J connectivity index is 1.46. The molecule has 5 aliphatic rings. The summed E-state index contributed by atoms with van der Waals surface area (Å²) < 4.78 is 2.21. The number of carbonyl (C=O) groups excluding carboxylic acids is 1. The second-order valence-electron chi connectivity index (χ2n) is 9.46. The lowest BCUT2D eigenvalue weighted by molar-refractivity contribution is -0.175. The number of rotatable bonds is 3. The van der Waals surface area contributed by atoms with E-state index in [1.807, 2.05) is 0 Å². The van der Waals surface area contributed by atoms with Crippen LogP contribution in [-0.4, -0.2) is 21.2 Å². The zero-order valence-electron chi connectivity index (χ0n) is 15.0. The van der Waals surface area contributed by atoms with Crippen molar-refractivity contribution in [1.29, 1.82) is 0 Å². The standard InChI is InChI=1S/C20H28N2O2S/c1-13-10-22(11-14-3-2-4-14)18(25-13)21-17(23)19-6-15-5-16(7-19)9-20(24,8-15)12-19/h10,14-16,24H,2-9,11-12H2,1H3/b21-18-. The summed E-state index contributed by atoms with van der Waals surface area (Å²) in [6.45, 7) is 3.09. The number of nitrogens with zero attached hydrogens (tertiary/aromatic N) is 2. The van der Waals surface area contributed by atoms with Crippen LogP contribution in [0.2, 0.25) is 0 Å². The van der Waals surface area contributed by atoms with E-state index in [4.69, 9.17) is 0 Å². The molecule has 1 amide bonds. The van der Waals surface area contributed by atoms with Gasteiger partial charge in [-0.05, 0) is 76.0 Å². The summed E-state index contributed by atoms with van der Waals surface area (Å²) in [5.74, 6) is 1.85. The predicted octanol–water partition coefficient (Wildman–Crippen LogP) is 3.42. The molecule has 5 fully saturated rings. The van der Waals surface area contributed by atoms with Crippen LogP contribution in [0.15, 0.2) is 11.2 Å². The predicted molar refractivity (Wildman–Crippen MR) is 97.0 cm³/mol. The van der Waals surface area contributed by atoms with Crippen molar-refractivity contribution in [2.45, 2.75) is 76.9 Å². The molecule has 1 aromatic rings. The van der Waals surface area contributed by atoms with Crippen molar-refractivity contribution in [3.8, 4) is 0 Å². The summed E-state index contributed by atoms with van der Waals surface area (Å²) in [7, 11) is 0. The number of aliphatic hydroxyl groups is 1. The molecule has 2 unspecified atom stereocenters. The maximum absolute atomic E-state index is 13.3. The fourth-order valence-electron chi connectivity index (χ4n) is 6.34. The zero-order chi connectivity index (χ0) is 17.2. The summed E-state index contributed by atoms with van der Waals surface area (Å²) >= 11 is 1.64. The molecule has 1 aromatic heterocycles. The third-order valence-corrected chi connectivity index (χ3v) is 8.13. The van der Waals surface area contributed by atoms with E-state index in [1.165, 1.54) is 30.6 Å². The zero-order valence-corrected chi connectivity index (χ0v) is 15.9. The third kappa shape index (κ3) is 2.74. The monoisotopic (exact) mass is 360 g/mol. The molecule has 136 valence electrons. The van der Waals surface area contributed by atoms with Gasteiger partial charge in [0.2, 0.25) is 0 Å². The molecular weight excluding hydrogens is 332 g/mol. The third-order valence-electron chi connectivity index (χ3n) is 7.20. The molecule has 0 saturated heterocycles. The van der Waals surface area contributed by atoms with Crippen molar-refractivity contribution in [2.24, 2.45) is 28.2 Å². The van der Waals surface area contributed by atoms with E-state index >= 15 is 0 Å². The maximum Gasteiger partial charge on any atom is 0.254 e. The van der Waals surface area contributed by atoms with E-state index in [-0.39, 0.29) is 11.3 Å². The Hall–Kier alpha value is -0.940. The van der Waals surface area contributed by atoms with Crippen LogP contribution in [0, 0.1) is 30.1 Å². The average molecular weight is 361 g/mol. The van der Waals surface area contributed by atoms with E-state index in [0.29, 0.717) is 18.3 Å². The molecule has 4 nitrogen and oxygen atoms in total. The van der Waals surface area contributed by atoms with Gasteiger partial charge in [-0.25, -0.2) is 0 Å². The molecular formula is C20H28N2O2S. The Labute approximate surface area is 153 Å². The normalized spacial score (nSPS) is 40.5. The molecule has 1 heterocycles. The molecule has 5 aliphatic carbocycles. The fraction of sp³-hybridized carbons (Fsp3) is 0.800. The minimum Gasteiger partial charge on any atom is -0.390 e. The van der Waals surface area contributed by atoms with Crippen LogP contribution in [0.1, 0.15) is 62.7 Å². The van der Waals surface area contributed by atoms with Gasteiger partial charge in [0.25, 0.3) is 5.91 Å². The van der Waals surface area contributed by atoms with Crippen molar-refractivity contribution < 1.29 is 9.90 Å². The highest BCUT2D eigenvalue weighted by Crippen LogP contribution is 2.61. The van der Waals surface area contributed by atoms with Crippen LogP contribution in [-0.2, 0) is 11.3 Å². The summed E-state index contributed by atoms with van der Waals surface area (Å²) in [6.07, 6.45) is 11.6. The Morgan fingerprint density at radius 1 is 1.32 bits per heavy atom. The molecule has 4 bridgehead atoms. The summed E-state index contributed by atoms with van der Waals surface area (Å²) in [5, 5.41) is 10.9. The lowest BCUT2D eigenvalue weighted by Gasteiger charge is -2.58. The van der Waals surface area contributed by atoms with Crippen LogP contribution in [0.3, 0.4) is 0 Å². The Bertz CT molecular complexity index is 759. The summed E-state index contributed by atoms with van der Waals surface area (Å²) in [6, 6.07) is 0. The topological polar surface area (TPSA) is 54.6 Å². The first-order chi connectivity index (χ1) is 11.9. The lowest BCUT2D eigenvalue weighted by Crippen LogP contribution is -2.58. The Morgan fingerprint density at radius 2 is 2.04 bits per heavy atom. The van der Waals surface area contributed by atoms with Crippen LogP contribution in [0.25, 0.3) is 0 Å². The molecule has 1 N–H and O–H groups in total. The van der Waals surface area contributed by atoms with Crippen molar-refractivity contribution in [2.75, 3.05) is 0 Å². The first-order valence-corrected chi connectivity index (χ1v) is 10.7. The number of hydrogen-bond acceptors (Lipinski definition) is 3. The second-order valence-corrected chi connectivity index (χ2v) is 10.7. The van der Waals surface area contributed by atoms with Crippen molar-refractivity contribution in [1.82, 2.24) is 4.57 Å².